The van der Waals surface area contributed by atoms with Gasteiger partial charge in [0.05, 0.1) is 25.3 Å². The second-order valence-electron chi connectivity index (χ2n) is 8.56. The molecule has 7 heteroatoms. The molecule has 2 aromatic rings. The predicted octanol–water partition coefficient (Wildman–Crippen LogP) is 2.03. The van der Waals surface area contributed by atoms with Gasteiger partial charge in [-0.1, -0.05) is 0 Å². The molecule has 0 aromatic carbocycles. The Balaban J connectivity index is 1.23. The topological polar surface area (TPSA) is 65.5 Å². The number of nitrogens with zero attached hydrogens (tertiary/aromatic N) is 6. The summed E-state index contributed by atoms with van der Waals surface area (Å²) in [6.45, 7) is 9.73. The number of hydrogen-bond acceptors (Lipinski definition) is 6. The molecule has 29 heavy (non-hydrogen) atoms. The Morgan fingerprint density at radius 1 is 1.17 bits per heavy atom. The van der Waals surface area contributed by atoms with Crippen LogP contribution in [0.2, 0.25) is 0 Å². The Kier molecular flexibility index (Phi) is 4.70. The summed E-state index contributed by atoms with van der Waals surface area (Å²) in [5.41, 5.74) is 4.57. The van der Waals surface area contributed by atoms with Crippen LogP contribution in [0.1, 0.15) is 47.1 Å². The molecule has 0 bridgehead atoms. The van der Waals surface area contributed by atoms with Gasteiger partial charge in [0.15, 0.2) is 0 Å². The molecule has 0 N–H and O–H groups in total. The Morgan fingerprint density at radius 3 is 2.79 bits per heavy atom. The molecule has 152 valence electrons. The van der Waals surface area contributed by atoms with Gasteiger partial charge >= 0.3 is 0 Å². The first-order valence-corrected chi connectivity index (χ1v) is 10.6. The van der Waals surface area contributed by atoms with Crippen LogP contribution in [-0.2, 0) is 17.9 Å². The van der Waals surface area contributed by atoms with Gasteiger partial charge in [0.1, 0.15) is 11.6 Å². The van der Waals surface area contributed by atoms with Gasteiger partial charge < -0.3 is 9.80 Å². The summed E-state index contributed by atoms with van der Waals surface area (Å²) in [6, 6.07) is 4.28. The van der Waals surface area contributed by atoms with Crippen LogP contribution in [0, 0.1) is 13.8 Å². The van der Waals surface area contributed by atoms with E-state index < -0.39 is 0 Å². The Hall–Kier alpha value is -2.54. The number of anilines is 1. The van der Waals surface area contributed by atoms with Crippen LogP contribution in [0.3, 0.4) is 0 Å². The smallest absolute Gasteiger partial charge is 0.237 e. The van der Waals surface area contributed by atoms with Crippen molar-refractivity contribution in [3.63, 3.8) is 0 Å². The van der Waals surface area contributed by atoms with Crippen LogP contribution in [0.25, 0.3) is 0 Å². The van der Waals surface area contributed by atoms with E-state index in [4.69, 9.17) is 0 Å². The monoisotopic (exact) mass is 392 g/mol. The van der Waals surface area contributed by atoms with E-state index in [2.05, 4.69) is 36.9 Å². The highest BCUT2D eigenvalue weighted by molar-refractivity contribution is 5.79. The van der Waals surface area contributed by atoms with Gasteiger partial charge in [0.2, 0.25) is 5.91 Å². The molecule has 0 spiro atoms. The van der Waals surface area contributed by atoms with Crippen LogP contribution in [0.15, 0.2) is 18.3 Å². The Labute approximate surface area is 171 Å². The van der Waals surface area contributed by atoms with Gasteiger partial charge in [-0.25, -0.2) is 9.97 Å². The van der Waals surface area contributed by atoms with E-state index >= 15 is 0 Å². The maximum absolute atomic E-state index is 13.0. The van der Waals surface area contributed by atoms with Gasteiger partial charge in [0.25, 0.3) is 0 Å². The normalized spacial score (nSPS) is 21.4. The first-order valence-electron chi connectivity index (χ1n) is 10.6. The lowest BCUT2D eigenvalue weighted by Crippen LogP contribution is -2.39. The summed E-state index contributed by atoms with van der Waals surface area (Å²) in [7, 11) is 0. The standard InChI is InChI=1S/C22H28N6O/c1-15-10-17(4-6-23-15)18-5-9-26(11-18)14-21(29)28-12-19-20(13-28)24-16(2)25-22(19)27-7-3-8-27/h4,6,10,18H,3,5,7-9,11-14H2,1-2H3. The van der Waals surface area contributed by atoms with Crippen molar-refractivity contribution in [3.8, 4) is 0 Å². The molecule has 2 aromatic heterocycles. The van der Waals surface area contributed by atoms with Crippen molar-refractivity contribution >= 4 is 11.7 Å². The van der Waals surface area contributed by atoms with Crippen LogP contribution in [0.5, 0.6) is 0 Å². The predicted molar refractivity (Wildman–Crippen MR) is 111 cm³/mol. The van der Waals surface area contributed by atoms with Crippen LogP contribution >= 0.6 is 0 Å². The summed E-state index contributed by atoms with van der Waals surface area (Å²) in [4.78, 5) is 33.2. The summed E-state index contributed by atoms with van der Waals surface area (Å²) in [6.07, 6.45) is 4.20. The van der Waals surface area contributed by atoms with Crippen molar-refractivity contribution in [2.45, 2.75) is 45.7 Å². The van der Waals surface area contributed by atoms with Crippen molar-refractivity contribution in [1.29, 1.82) is 0 Å². The molecule has 7 nitrogen and oxygen atoms in total. The lowest BCUT2D eigenvalue weighted by molar-refractivity contribution is -0.132. The van der Waals surface area contributed by atoms with Gasteiger partial charge in [-0.15, -0.1) is 0 Å². The molecule has 2 fully saturated rings. The minimum absolute atomic E-state index is 0.196. The zero-order chi connectivity index (χ0) is 20.0. The van der Waals surface area contributed by atoms with Crippen LogP contribution in [-0.4, -0.2) is 63.4 Å². The average molecular weight is 393 g/mol. The molecular formula is C22H28N6O. The van der Waals surface area contributed by atoms with Crippen LogP contribution in [0.4, 0.5) is 5.82 Å². The van der Waals surface area contributed by atoms with Gasteiger partial charge in [0, 0.05) is 37.1 Å². The zero-order valence-electron chi connectivity index (χ0n) is 17.3. The SMILES string of the molecule is Cc1cc(C2CCN(CC(=O)N3Cc4nc(C)nc(N5CCC5)c4C3)C2)ccn1. The van der Waals surface area contributed by atoms with Crippen LogP contribution < -0.4 is 4.90 Å². The minimum atomic E-state index is 0.196. The number of aryl methyl sites for hydroxylation is 2. The largest absolute Gasteiger partial charge is 0.356 e. The third-order valence-electron chi connectivity index (χ3n) is 6.40. The molecule has 5 heterocycles. The second-order valence-corrected chi connectivity index (χ2v) is 8.56. The number of pyridine rings is 1. The van der Waals surface area contributed by atoms with Crippen molar-refractivity contribution in [3.05, 3.63) is 46.7 Å². The van der Waals surface area contributed by atoms with E-state index in [1.165, 1.54) is 12.0 Å². The number of carbonyl (C=O) groups excluding carboxylic acids is 1. The third-order valence-corrected chi connectivity index (χ3v) is 6.40. The van der Waals surface area contributed by atoms with Gasteiger partial charge in [-0.3, -0.25) is 14.7 Å². The van der Waals surface area contributed by atoms with E-state index in [0.29, 0.717) is 25.6 Å². The second kappa shape index (κ2) is 7.37. The average Bonchev–Trinajstić information content (AvgIpc) is 3.27. The molecule has 2 saturated heterocycles. The number of carbonyl (C=O) groups is 1. The van der Waals surface area contributed by atoms with Crippen molar-refractivity contribution in [2.75, 3.05) is 37.6 Å². The minimum Gasteiger partial charge on any atom is -0.356 e. The summed E-state index contributed by atoms with van der Waals surface area (Å²) in [5.74, 6) is 2.53. The molecule has 0 saturated carbocycles. The third kappa shape index (κ3) is 3.59. The van der Waals surface area contributed by atoms with Crippen molar-refractivity contribution < 1.29 is 4.79 Å². The number of fused-ring (bicyclic) bond motifs is 1. The molecule has 0 aliphatic carbocycles. The molecule has 3 aliphatic heterocycles. The zero-order valence-corrected chi connectivity index (χ0v) is 17.3. The van der Waals surface area contributed by atoms with Crippen molar-refractivity contribution in [1.82, 2.24) is 24.8 Å². The molecule has 1 unspecified atom stereocenters. The van der Waals surface area contributed by atoms with Gasteiger partial charge in [-0.05, 0) is 56.8 Å². The van der Waals surface area contributed by atoms with E-state index in [1.54, 1.807) is 0 Å². The summed E-state index contributed by atoms with van der Waals surface area (Å²) >= 11 is 0. The van der Waals surface area contributed by atoms with E-state index in [0.717, 1.165) is 61.2 Å². The summed E-state index contributed by atoms with van der Waals surface area (Å²) in [5, 5.41) is 0. The molecule has 3 aliphatic rings. The molecule has 1 amide bonds. The number of amides is 1. The van der Waals surface area contributed by atoms with Crippen molar-refractivity contribution in [2.24, 2.45) is 0 Å². The highest BCUT2D eigenvalue weighted by atomic mass is 16.2. The molecular weight excluding hydrogens is 364 g/mol. The van der Waals surface area contributed by atoms with Gasteiger partial charge in [-0.2, -0.15) is 0 Å². The Bertz CT molecular complexity index is 941. The summed E-state index contributed by atoms with van der Waals surface area (Å²) < 4.78 is 0. The van der Waals surface area contributed by atoms with E-state index in [-0.39, 0.29) is 5.91 Å². The lowest BCUT2D eigenvalue weighted by Gasteiger charge is -2.33. The maximum atomic E-state index is 13.0. The number of likely N-dealkylation sites (tertiary alicyclic amines) is 1. The quantitative estimate of drug-likeness (QED) is 0.793. The fraction of sp³-hybridized carbons (Fsp3) is 0.545. The number of rotatable bonds is 4. The number of aromatic nitrogens is 3. The fourth-order valence-corrected chi connectivity index (χ4v) is 4.68. The Morgan fingerprint density at radius 2 is 2.03 bits per heavy atom. The molecule has 5 rings (SSSR count). The fourth-order valence-electron chi connectivity index (χ4n) is 4.68. The maximum Gasteiger partial charge on any atom is 0.237 e. The molecule has 0 radical (unpaired) electrons. The van der Waals surface area contributed by atoms with E-state index in [9.17, 15) is 4.79 Å². The highest BCUT2D eigenvalue weighted by Crippen LogP contribution is 2.32. The first kappa shape index (κ1) is 18.5. The lowest BCUT2D eigenvalue weighted by atomic mass is 9.99. The number of hydrogen-bond donors (Lipinski definition) is 0. The molecule has 1 atom stereocenters. The first-order chi connectivity index (χ1) is 14.1. The van der Waals surface area contributed by atoms with E-state index in [1.807, 2.05) is 24.9 Å². The highest BCUT2D eigenvalue weighted by Gasteiger charge is 2.33.